The maximum absolute atomic E-state index is 12.8. The van der Waals surface area contributed by atoms with E-state index >= 15 is 0 Å². The largest absolute Gasteiger partial charge is 0.480 e. The Labute approximate surface area is 139 Å². The first-order valence-corrected chi connectivity index (χ1v) is 8.75. The van der Waals surface area contributed by atoms with E-state index in [4.69, 9.17) is 0 Å². The number of nitrogens with one attached hydrogen (secondary N) is 1. The van der Waals surface area contributed by atoms with E-state index in [-0.39, 0.29) is 4.90 Å². The highest BCUT2D eigenvalue weighted by Gasteiger charge is 2.27. The second kappa shape index (κ2) is 6.43. The normalized spacial score (nSPS) is 12.8. The second-order valence-electron chi connectivity index (χ2n) is 5.28. The highest BCUT2D eigenvalue weighted by atomic mass is 32.2. The van der Waals surface area contributed by atoms with Gasteiger partial charge in [-0.25, -0.2) is 8.42 Å². The number of carboxylic acids is 1. The summed E-state index contributed by atoms with van der Waals surface area (Å²) in [5.41, 5.74) is 0.369. The van der Waals surface area contributed by atoms with Crippen molar-refractivity contribution < 1.29 is 18.3 Å². The van der Waals surface area contributed by atoms with Gasteiger partial charge in [0.1, 0.15) is 6.04 Å². The second-order valence-corrected chi connectivity index (χ2v) is 6.96. The zero-order valence-corrected chi connectivity index (χ0v) is 13.4. The molecule has 0 aliphatic rings. The fourth-order valence-corrected chi connectivity index (χ4v) is 3.96. The minimum absolute atomic E-state index is 0.0581. The third kappa shape index (κ3) is 3.15. The van der Waals surface area contributed by atoms with E-state index in [0.717, 1.165) is 5.39 Å². The van der Waals surface area contributed by atoms with Crippen molar-refractivity contribution in [2.45, 2.75) is 10.9 Å². The van der Waals surface area contributed by atoms with E-state index in [1.54, 1.807) is 60.7 Å². The Morgan fingerprint density at radius 3 is 2.21 bits per heavy atom. The van der Waals surface area contributed by atoms with Crippen LogP contribution in [0, 0.1) is 0 Å². The lowest BCUT2D eigenvalue weighted by Gasteiger charge is -2.16. The third-order valence-corrected chi connectivity index (χ3v) is 5.17. The van der Waals surface area contributed by atoms with E-state index < -0.39 is 22.0 Å². The highest BCUT2D eigenvalue weighted by molar-refractivity contribution is 7.89. The Bertz CT molecular complexity index is 979. The minimum atomic E-state index is -4.01. The molecule has 3 rings (SSSR count). The van der Waals surface area contributed by atoms with Crippen molar-refractivity contribution in [2.75, 3.05) is 0 Å². The first-order chi connectivity index (χ1) is 11.5. The van der Waals surface area contributed by atoms with Gasteiger partial charge >= 0.3 is 5.97 Å². The zero-order chi connectivity index (χ0) is 17.2. The Hall–Kier alpha value is -2.70. The molecule has 2 N–H and O–H groups in total. The van der Waals surface area contributed by atoms with Crippen LogP contribution in [0.2, 0.25) is 0 Å². The summed E-state index contributed by atoms with van der Waals surface area (Å²) in [6.45, 7) is 0. The Kier molecular flexibility index (Phi) is 4.33. The molecule has 0 aromatic heterocycles. The summed E-state index contributed by atoms with van der Waals surface area (Å²) < 4.78 is 27.8. The molecule has 0 aliphatic carbocycles. The first-order valence-electron chi connectivity index (χ1n) is 7.27. The maximum atomic E-state index is 12.8. The minimum Gasteiger partial charge on any atom is -0.480 e. The lowest BCUT2D eigenvalue weighted by atomic mass is 10.1. The van der Waals surface area contributed by atoms with Crippen molar-refractivity contribution in [2.24, 2.45) is 0 Å². The summed E-state index contributed by atoms with van der Waals surface area (Å²) in [5.74, 6) is -1.26. The molecule has 0 amide bonds. The molecule has 6 heteroatoms. The van der Waals surface area contributed by atoms with Crippen molar-refractivity contribution in [1.82, 2.24) is 4.72 Å². The smallest absolute Gasteiger partial charge is 0.326 e. The van der Waals surface area contributed by atoms with Crippen LogP contribution >= 0.6 is 0 Å². The Morgan fingerprint density at radius 2 is 1.50 bits per heavy atom. The summed E-state index contributed by atoms with van der Waals surface area (Å²) in [7, 11) is -4.01. The van der Waals surface area contributed by atoms with Gasteiger partial charge in [-0.05, 0) is 17.0 Å². The van der Waals surface area contributed by atoms with E-state index in [9.17, 15) is 18.3 Å². The monoisotopic (exact) mass is 341 g/mol. The molecule has 0 radical (unpaired) electrons. The fourth-order valence-electron chi connectivity index (χ4n) is 2.56. The summed E-state index contributed by atoms with van der Waals surface area (Å²) in [6.07, 6.45) is 0. The average molecular weight is 341 g/mol. The third-order valence-electron chi connectivity index (χ3n) is 3.69. The van der Waals surface area contributed by atoms with Crippen LogP contribution in [-0.2, 0) is 14.8 Å². The van der Waals surface area contributed by atoms with Crippen molar-refractivity contribution in [3.05, 3.63) is 78.4 Å². The molecule has 0 saturated heterocycles. The van der Waals surface area contributed by atoms with Gasteiger partial charge in [0, 0.05) is 5.39 Å². The van der Waals surface area contributed by atoms with Crippen LogP contribution in [0.3, 0.4) is 0 Å². The number of sulfonamides is 1. The van der Waals surface area contributed by atoms with Crippen LogP contribution in [0.1, 0.15) is 11.6 Å². The molecule has 0 bridgehead atoms. The van der Waals surface area contributed by atoms with Crippen LogP contribution in [0.5, 0.6) is 0 Å². The van der Waals surface area contributed by atoms with Gasteiger partial charge in [-0.1, -0.05) is 66.7 Å². The molecule has 0 saturated carbocycles. The van der Waals surface area contributed by atoms with Crippen LogP contribution < -0.4 is 4.72 Å². The number of benzene rings is 3. The fraction of sp³-hybridized carbons (Fsp3) is 0.0556. The predicted octanol–water partition coefficient (Wildman–Crippen LogP) is 2.94. The van der Waals surface area contributed by atoms with Crippen molar-refractivity contribution in [3.8, 4) is 0 Å². The number of carboxylic acid groups (broad SMARTS) is 1. The molecule has 0 heterocycles. The summed E-state index contributed by atoms with van der Waals surface area (Å²) in [4.78, 5) is 11.6. The van der Waals surface area contributed by atoms with Gasteiger partial charge in [-0.2, -0.15) is 4.72 Å². The Balaban J connectivity index is 2.05. The molecule has 0 spiro atoms. The van der Waals surface area contributed by atoms with Gasteiger partial charge in [0.2, 0.25) is 10.0 Å². The van der Waals surface area contributed by atoms with Gasteiger partial charge in [0.05, 0.1) is 4.90 Å². The molecule has 0 aliphatic heterocycles. The van der Waals surface area contributed by atoms with E-state index in [2.05, 4.69) is 4.72 Å². The van der Waals surface area contributed by atoms with Gasteiger partial charge in [-0.3, -0.25) is 4.79 Å². The lowest BCUT2D eigenvalue weighted by Crippen LogP contribution is -2.33. The number of rotatable bonds is 5. The average Bonchev–Trinajstić information content (AvgIpc) is 2.60. The van der Waals surface area contributed by atoms with E-state index in [0.29, 0.717) is 10.9 Å². The lowest BCUT2D eigenvalue weighted by molar-refractivity contribution is -0.139. The molecular weight excluding hydrogens is 326 g/mol. The summed E-state index contributed by atoms with van der Waals surface area (Å²) in [6, 6.07) is 18.8. The van der Waals surface area contributed by atoms with E-state index in [1.165, 1.54) is 6.07 Å². The van der Waals surface area contributed by atoms with Crippen LogP contribution in [0.25, 0.3) is 10.8 Å². The topological polar surface area (TPSA) is 83.5 Å². The predicted molar refractivity (Wildman–Crippen MR) is 91.1 cm³/mol. The molecule has 1 atom stereocenters. The van der Waals surface area contributed by atoms with Crippen LogP contribution in [0.4, 0.5) is 0 Å². The van der Waals surface area contributed by atoms with Crippen LogP contribution in [0.15, 0.2) is 77.7 Å². The molecule has 24 heavy (non-hydrogen) atoms. The zero-order valence-electron chi connectivity index (χ0n) is 12.6. The SMILES string of the molecule is O=C(O)C(NS(=O)(=O)c1cccc2ccccc12)c1ccccc1. The van der Waals surface area contributed by atoms with Crippen molar-refractivity contribution in [3.63, 3.8) is 0 Å². The number of fused-ring (bicyclic) bond motifs is 1. The molecule has 122 valence electrons. The number of aliphatic carboxylic acids is 1. The number of hydrogen-bond donors (Lipinski definition) is 2. The molecule has 3 aromatic carbocycles. The van der Waals surface area contributed by atoms with Crippen molar-refractivity contribution in [1.29, 1.82) is 0 Å². The molecular formula is C18H15NO4S. The van der Waals surface area contributed by atoms with Crippen molar-refractivity contribution >= 4 is 26.8 Å². The molecule has 5 nitrogen and oxygen atoms in total. The van der Waals surface area contributed by atoms with Gasteiger partial charge in [-0.15, -0.1) is 0 Å². The summed E-state index contributed by atoms with van der Waals surface area (Å²) in [5, 5.41) is 10.7. The molecule has 1 unspecified atom stereocenters. The van der Waals surface area contributed by atoms with Gasteiger partial charge in [0.25, 0.3) is 0 Å². The number of carbonyl (C=O) groups is 1. The molecule has 3 aromatic rings. The number of hydrogen-bond acceptors (Lipinski definition) is 3. The van der Waals surface area contributed by atoms with E-state index in [1.807, 2.05) is 6.07 Å². The standard InChI is InChI=1S/C18H15NO4S/c20-18(21)17(14-8-2-1-3-9-14)19-24(22,23)16-12-6-10-13-7-4-5-11-15(13)16/h1-12,17,19H,(H,20,21). The molecule has 0 fully saturated rings. The van der Waals surface area contributed by atoms with Gasteiger partial charge in [0.15, 0.2) is 0 Å². The summed E-state index contributed by atoms with van der Waals surface area (Å²) >= 11 is 0. The Morgan fingerprint density at radius 1 is 0.875 bits per heavy atom. The van der Waals surface area contributed by atoms with Gasteiger partial charge < -0.3 is 5.11 Å². The van der Waals surface area contributed by atoms with Crippen LogP contribution in [-0.4, -0.2) is 19.5 Å². The quantitative estimate of drug-likeness (QED) is 0.747. The highest BCUT2D eigenvalue weighted by Crippen LogP contribution is 2.24. The maximum Gasteiger partial charge on any atom is 0.326 e. The first kappa shape index (κ1) is 16.2.